The predicted octanol–water partition coefficient (Wildman–Crippen LogP) is 11.1. The van der Waals surface area contributed by atoms with Gasteiger partial charge in [-0.1, -0.05) is 140 Å². The predicted molar refractivity (Wildman–Crippen MR) is 202 cm³/mol. The molecule has 0 bridgehead atoms. The van der Waals surface area contributed by atoms with Gasteiger partial charge in [0.05, 0.1) is 46.4 Å². The molecule has 3 atom stereocenters. The molecule has 4 heteroatoms. The molecule has 3 N–H and O–H groups in total. The highest BCUT2D eigenvalue weighted by Crippen LogP contribution is 2.45. The van der Waals surface area contributed by atoms with Gasteiger partial charge < -0.3 is 16.0 Å². The Morgan fingerprint density at radius 3 is 1.81 bits per heavy atom. The first-order valence-corrected chi connectivity index (χ1v) is 16.8. The van der Waals surface area contributed by atoms with Gasteiger partial charge in [-0.05, 0) is 58.9 Å². The number of pyridine rings is 1. The summed E-state index contributed by atoms with van der Waals surface area (Å²) >= 11 is 0. The van der Waals surface area contributed by atoms with Crippen LogP contribution in [0.4, 0.5) is 17.1 Å². The highest BCUT2D eigenvalue weighted by Gasteiger charge is 2.25. The maximum absolute atomic E-state index is 5.27. The van der Waals surface area contributed by atoms with E-state index in [1.807, 2.05) is 0 Å². The molecule has 4 nitrogen and oxygen atoms in total. The van der Waals surface area contributed by atoms with Crippen LogP contribution >= 0.6 is 0 Å². The number of allylic oxidation sites excluding steroid dienone is 1. The molecule has 0 spiro atoms. The minimum Gasteiger partial charge on any atom is -0.373 e. The summed E-state index contributed by atoms with van der Waals surface area (Å²) in [6, 6.07) is 41.5. The van der Waals surface area contributed by atoms with Crippen LogP contribution in [-0.2, 0) is 0 Å². The average Bonchev–Trinajstić information content (AvgIpc) is 3.15. The van der Waals surface area contributed by atoms with Crippen molar-refractivity contribution in [2.75, 3.05) is 16.0 Å². The summed E-state index contributed by atoms with van der Waals surface area (Å²) in [5.41, 5.74) is 16.4. The summed E-state index contributed by atoms with van der Waals surface area (Å²) in [6.45, 7) is 4.40. The molecule has 0 saturated heterocycles. The van der Waals surface area contributed by atoms with Crippen molar-refractivity contribution < 1.29 is 0 Å². The summed E-state index contributed by atoms with van der Waals surface area (Å²) in [7, 11) is 0. The third-order valence-corrected chi connectivity index (χ3v) is 10.0. The lowest BCUT2D eigenvalue weighted by Gasteiger charge is -2.32. The lowest BCUT2D eigenvalue weighted by atomic mass is 9.90. The van der Waals surface area contributed by atoms with Gasteiger partial charge in [0.2, 0.25) is 0 Å². The number of rotatable bonds is 4. The number of nitrogens with one attached hydrogen (secondary N) is 3. The molecule has 0 fully saturated rings. The Morgan fingerprint density at radius 1 is 0.542 bits per heavy atom. The van der Waals surface area contributed by atoms with E-state index >= 15 is 0 Å². The number of hydrogen-bond donors (Lipinski definition) is 3. The van der Waals surface area contributed by atoms with E-state index in [9.17, 15) is 0 Å². The Hall–Kier alpha value is -5.87. The largest absolute Gasteiger partial charge is 0.373 e. The molecule has 48 heavy (non-hydrogen) atoms. The van der Waals surface area contributed by atoms with Crippen LogP contribution in [0.15, 0.2) is 133 Å². The van der Waals surface area contributed by atoms with Crippen molar-refractivity contribution in [1.82, 2.24) is 4.98 Å². The second kappa shape index (κ2) is 11.4. The second-order valence-corrected chi connectivity index (χ2v) is 13.1. The third kappa shape index (κ3) is 4.89. The van der Waals surface area contributed by atoms with Gasteiger partial charge in [-0.2, -0.15) is 0 Å². The highest BCUT2D eigenvalue weighted by molar-refractivity contribution is 5.99. The first-order chi connectivity index (χ1) is 23.6. The molecule has 2 unspecified atom stereocenters. The molecule has 3 aliphatic heterocycles. The molecule has 3 aliphatic rings. The summed E-state index contributed by atoms with van der Waals surface area (Å²) in [6.07, 6.45) is 11.3. The quantitative estimate of drug-likeness (QED) is 0.184. The Bertz CT molecular complexity index is 2280. The van der Waals surface area contributed by atoms with Crippen molar-refractivity contribution in [3.05, 3.63) is 172 Å². The van der Waals surface area contributed by atoms with Crippen molar-refractivity contribution in [2.45, 2.75) is 32.0 Å². The molecule has 0 amide bonds. The van der Waals surface area contributed by atoms with Crippen LogP contribution in [0.3, 0.4) is 0 Å². The lowest BCUT2D eigenvalue weighted by molar-refractivity contribution is 0.950. The first kappa shape index (κ1) is 28.4. The van der Waals surface area contributed by atoms with Gasteiger partial charge in [0.1, 0.15) is 0 Å². The van der Waals surface area contributed by atoms with Gasteiger partial charge in [-0.25, -0.2) is 4.98 Å². The van der Waals surface area contributed by atoms with E-state index in [0.717, 1.165) is 28.1 Å². The topological polar surface area (TPSA) is 49.0 Å². The number of nitrogens with zero attached hydrogens (tertiary/aromatic N) is 1. The van der Waals surface area contributed by atoms with Gasteiger partial charge in [0.25, 0.3) is 0 Å². The van der Waals surface area contributed by atoms with Crippen LogP contribution in [0, 0.1) is 6.92 Å². The van der Waals surface area contributed by atoms with Crippen LogP contribution in [0.2, 0.25) is 0 Å². The fraction of sp³-hybridized carbons (Fsp3) is 0.114. The molecule has 9 rings (SSSR count). The van der Waals surface area contributed by atoms with Crippen LogP contribution in [0.1, 0.15) is 64.0 Å². The minimum absolute atomic E-state index is 0.0603. The molecule has 4 heterocycles. The van der Waals surface area contributed by atoms with E-state index in [4.69, 9.17) is 4.98 Å². The summed E-state index contributed by atoms with van der Waals surface area (Å²) in [4.78, 5) is 5.27. The van der Waals surface area contributed by atoms with E-state index < -0.39 is 0 Å². The van der Waals surface area contributed by atoms with E-state index in [1.54, 1.807) is 0 Å². The average molecular weight is 621 g/mol. The monoisotopic (exact) mass is 620 g/mol. The number of aromatic nitrogens is 1. The Balaban J connectivity index is 1.02. The number of anilines is 3. The molecule has 5 aromatic carbocycles. The smallest absolute Gasteiger partial charge is 0.0949 e. The maximum atomic E-state index is 5.27. The standard InChI is InChI=1S/C44H36N4/c1-27-25-39(47-43-35(27)21-17-33-19-23-37(45-41(33)43)29-9-5-3-6-10-29)31-13-15-32(16-14-31)40-26-28(2)36-22-18-34-20-24-38(30-11-7-4-8-12-30)46-42(34)44(36)48-40/h3-26,37-39,45-47H,1-2H3/t37-,38?,39?/m1/s1. The zero-order chi connectivity index (χ0) is 32.2. The van der Waals surface area contributed by atoms with Crippen LogP contribution in [0.5, 0.6) is 0 Å². The highest BCUT2D eigenvalue weighted by atomic mass is 15.0. The van der Waals surface area contributed by atoms with E-state index in [2.05, 4.69) is 175 Å². The minimum atomic E-state index is 0.0603. The summed E-state index contributed by atoms with van der Waals surface area (Å²) < 4.78 is 0. The van der Waals surface area contributed by atoms with Gasteiger partial charge in [0, 0.05) is 16.5 Å². The number of aryl methyl sites for hydroxylation is 1. The van der Waals surface area contributed by atoms with Gasteiger partial charge in [0.15, 0.2) is 0 Å². The molecule has 232 valence electrons. The number of benzene rings is 5. The summed E-state index contributed by atoms with van der Waals surface area (Å²) in [5, 5.41) is 12.7. The van der Waals surface area contributed by atoms with E-state index in [-0.39, 0.29) is 18.1 Å². The van der Waals surface area contributed by atoms with E-state index in [1.165, 1.54) is 55.6 Å². The van der Waals surface area contributed by atoms with Crippen molar-refractivity contribution in [1.29, 1.82) is 0 Å². The van der Waals surface area contributed by atoms with Crippen molar-refractivity contribution in [2.24, 2.45) is 0 Å². The fourth-order valence-corrected chi connectivity index (χ4v) is 7.40. The fourth-order valence-electron chi connectivity index (χ4n) is 7.40. The van der Waals surface area contributed by atoms with Crippen LogP contribution < -0.4 is 16.0 Å². The normalized spacial score (nSPS) is 18.9. The Morgan fingerprint density at radius 2 is 1.12 bits per heavy atom. The van der Waals surface area contributed by atoms with Crippen molar-refractivity contribution in [3.8, 4) is 11.3 Å². The van der Waals surface area contributed by atoms with E-state index in [0.29, 0.717) is 0 Å². The summed E-state index contributed by atoms with van der Waals surface area (Å²) in [5.74, 6) is 0. The molecule has 0 aliphatic carbocycles. The van der Waals surface area contributed by atoms with Crippen LogP contribution in [-0.4, -0.2) is 4.98 Å². The van der Waals surface area contributed by atoms with Gasteiger partial charge in [-0.15, -0.1) is 0 Å². The van der Waals surface area contributed by atoms with Crippen molar-refractivity contribution in [3.63, 3.8) is 0 Å². The van der Waals surface area contributed by atoms with Gasteiger partial charge >= 0.3 is 0 Å². The van der Waals surface area contributed by atoms with Gasteiger partial charge in [-0.3, -0.25) is 0 Å². The Kier molecular flexibility index (Phi) is 6.75. The third-order valence-electron chi connectivity index (χ3n) is 10.0. The molecule has 1 aromatic heterocycles. The maximum Gasteiger partial charge on any atom is 0.0949 e. The molecule has 6 aromatic rings. The zero-order valence-corrected chi connectivity index (χ0v) is 27.0. The SMILES string of the molecule is CC1=CC(c2ccc(-c3cc(C)c4ccc5c(c4n3)NC(c3ccccc3)C=C5)cc2)Nc2c1ccc1c2N[C@@H](c2ccccc2)C=C1. The lowest BCUT2D eigenvalue weighted by Crippen LogP contribution is -2.19. The first-order valence-electron chi connectivity index (χ1n) is 16.8. The molecule has 0 radical (unpaired) electrons. The molecular weight excluding hydrogens is 585 g/mol. The zero-order valence-electron chi connectivity index (χ0n) is 27.0. The number of fused-ring (bicyclic) bond motifs is 6. The molecular formula is C44H36N4. The Labute approximate surface area is 281 Å². The van der Waals surface area contributed by atoms with Crippen molar-refractivity contribution >= 4 is 45.7 Å². The number of hydrogen-bond acceptors (Lipinski definition) is 4. The van der Waals surface area contributed by atoms with Crippen LogP contribution in [0.25, 0.3) is 39.9 Å². The molecule has 0 saturated carbocycles. The second-order valence-electron chi connectivity index (χ2n) is 13.1.